The molecule has 0 aromatic heterocycles. The van der Waals surface area contributed by atoms with Crippen molar-refractivity contribution in [1.29, 1.82) is 0 Å². The van der Waals surface area contributed by atoms with E-state index in [1.54, 1.807) is 0 Å². The van der Waals surface area contributed by atoms with E-state index in [0.29, 0.717) is 24.5 Å². The molecule has 1 fully saturated rings. The summed E-state index contributed by atoms with van der Waals surface area (Å²) in [6.07, 6.45) is 2.55. The summed E-state index contributed by atoms with van der Waals surface area (Å²) in [5.74, 6) is 0.355. The fraction of sp³-hybridized carbons (Fsp3) is 0.364. The summed E-state index contributed by atoms with van der Waals surface area (Å²) < 4.78 is 0. The van der Waals surface area contributed by atoms with Crippen LogP contribution < -0.4 is 0 Å². The van der Waals surface area contributed by atoms with Crippen LogP contribution in [0.1, 0.15) is 36.0 Å². The molecule has 1 amide bonds. The molecule has 5 heteroatoms. The quantitative estimate of drug-likeness (QED) is 0.733. The van der Waals surface area contributed by atoms with Crippen molar-refractivity contribution in [2.24, 2.45) is 11.1 Å². The summed E-state index contributed by atoms with van der Waals surface area (Å²) in [6.45, 7) is 3.10. The Hall–Kier alpha value is -2.33. The number of benzene rings is 2. The Bertz CT molecular complexity index is 859. The minimum atomic E-state index is -0.119. The molecular formula is C22H23ClN2O2. The fourth-order valence-electron chi connectivity index (χ4n) is 3.34. The van der Waals surface area contributed by atoms with Crippen LogP contribution in [0.3, 0.4) is 0 Å². The van der Waals surface area contributed by atoms with Crippen molar-refractivity contribution < 1.29 is 9.63 Å². The normalized spacial score (nSPS) is 18.7. The first-order valence-corrected chi connectivity index (χ1v) is 9.80. The Labute approximate surface area is 164 Å². The molecule has 4 rings (SSSR count). The molecule has 0 bridgehead atoms. The molecule has 0 N–H and O–H groups in total. The van der Waals surface area contributed by atoms with Crippen molar-refractivity contribution in [3.05, 3.63) is 70.2 Å². The van der Waals surface area contributed by atoms with E-state index in [9.17, 15) is 4.79 Å². The number of aryl methyl sites for hydroxylation is 1. The Morgan fingerprint density at radius 3 is 2.63 bits per heavy atom. The van der Waals surface area contributed by atoms with Crippen LogP contribution in [0.2, 0.25) is 5.02 Å². The van der Waals surface area contributed by atoms with Gasteiger partial charge in [-0.2, -0.15) is 0 Å². The number of rotatable bonds is 6. The van der Waals surface area contributed by atoms with Gasteiger partial charge in [0.25, 0.3) is 0 Å². The Morgan fingerprint density at radius 1 is 1.19 bits per heavy atom. The second-order valence-electron chi connectivity index (χ2n) is 7.42. The highest BCUT2D eigenvalue weighted by Crippen LogP contribution is 2.32. The van der Waals surface area contributed by atoms with E-state index in [2.05, 4.69) is 36.3 Å². The van der Waals surface area contributed by atoms with Crippen LogP contribution in [0.4, 0.5) is 0 Å². The van der Waals surface area contributed by atoms with Crippen molar-refractivity contribution >= 4 is 23.2 Å². The number of hydrogen-bond acceptors (Lipinski definition) is 3. The highest BCUT2D eigenvalue weighted by molar-refractivity contribution is 6.31. The van der Waals surface area contributed by atoms with E-state index in [1.807, 2.05) is 29.2 Å². The molecule has 140 valence electrons. The van der Waals surface area contributed by atoms with Gasteiger partial charge in [-0.3, -0.25) is 4.79 Å². The molecule has 1 heterocycles. The summed E-state index contributed by atoms with van der Waals surface area (Å²) in [5.41, 5.74) is 4.20. The maximum absolute atomic E-state index is 12.8. The molecule has 2 aromatic rings. The van der Waals surface area contributed by atoms with Gasteiger partial charge in [0.1, 0.15) is 0 Å². The Morgan fingerprint density at radius 2 is 1.93 bits per heavy atom. The second-order valence-corrected chi connectivity index (χ2v) is 7.83. The van der Waals surface area contributed by atoms with E-state index in [0.717, 1.165) is 29.7 Å². The molecule has 1 aliphatic carbocycles. The molecular weight excluding hydrogens is 360 g/mol. The number of carbonyl (C=O) groups is 1. The predicted molar refractivity (Wildman–Crippen MR) is 107 cm³/mol. The Kier molecular flexibility index (Phi) is 5.17. The first-order valence-electron chi connectivity index (χ1n) is 9.42. The highest BCUT2D eigenvalue weighted by atomic mass is 35.5. The van der Waals surface area contributed by atoms with E-state index in [1.165, 1.54) is 5.56 Å². The lowest BCUT2D eigenvalue weighted by Crippen LogP contribution is -2.38. The largest absolute Gasteiger partial charge is 0.390 e. The smallest absolute Gasteiger partial charge is 0.226 e. The molecule has 1 saturated carbocycles. The third-order valence-electron chi connectivity index (χ3n) is 5.10. The van der Waals surface area contributed by atoms with Crippen molar-refractivity contribution in [1.82, 2.24) is 4.90 Å². The minimum absolute atomic E-state index is 0.119. The molecule has 27 heavy (non-hydrogen) atoms. The molecule has 0 unspecified atom stereocenters. The number of nitrogens with zero attached hydrogens (tertiary/aromatic N) is 2. The van der Waals surface area contributed by atoms with E-state index in [-0.39, 0.29) is 17.9 Å². The lowest BCUT2D eigenvalue weighted by atomic mass is 10.0. The van der Waals surface area contributed by atoms with Gasteiger partial charge < -0.3 is 9.74 Å². The van der Waals surface area contributed by atoms with Crippen LogP contribution in [0.15, 0.2) is 53.7 Å². The SMILES string of the molecule is Cc1ccc(C2=NO[C@H](CN(Cc3ccccc3Cl)C(=O)C3CC3)C2)cc1. The summed E-state index contributed by atoms with van der Waals surface area (Å²) in [4.78, 5) is 20.3. The molecule has 4 nitrogen and oxygen atoms in total. The van der Waals surface area contributed by atoms with Crippen LogP contribution in [-0.2, 0) is 16.2 Å². The monoisotopic (exact) mass is 382 g/mol. The number of oxime groups is 1. The molecule has 2 aromatic carbocycles. The lowest BCUT2D eigenvalue weighted by Gasteiger charge is -2.25. The summed E-state index contributed by atoms with van der Waals surface area (Å²) >= 11 is 6.31. The van der Waals surface area contributed by atoms with E-state index in [4.69, 9.17) is 16.4 Å². The second kappa shape index (κ2) is 7.73. The van der Waals surface area contributed by atoms with Crippen LogP contribution in [0.25, 0.3) is 0 Å². The molecule has 0 radical (unpaired) electrons. The highest BCUT2D eigenvalue weighted by Gasteiger charge is 2.35. The van der Waals surface area contributed by atoms with Gasteiger partial charge in [0.2, 0.25) is 5.91 Å². The lowest BCUT2D eigenvalue weighted by molar-refractivity contribution is -0.135. The van der Waals surface area contributed by atoms with Gasteiger partial charge in [-0.15, -0.1) is 0 Å². The zero-order chi connectivity index (χ0) is 18.8. The average molecular weight is 383 g/mol. The molecule has 1 aliphatic heterocycles. The van der Waals surface area contributed by atoms with Crippen molar-refractivity contribution in [2.45, 2.75) is 38.8 Å². The van der Waals surface area contributed by atoms with Gasteiger partial charge in [0.15, 0.2) is 6.10 Å². The van der Waals surface area contributed by atoms with Crippen molar-refractivity contribution in [3.63, 3.8) is 0 Å². The van der Waals surface area contributed by atoms with Crippen LogP contribution >= 0.6 is 11.6 Å². The molecule has 0 spiro atoms. The predicted octanol–water partition coefficient (Wildman–Crippen LogP) is 4.58. The molecule has 0 saturated heterocycles. The molecule has 1 atom stereocenters. The summed E-state index contributed by atoms with van der Waals surface area (Å²) in [5, 5.41) is 4.96. The topological polar surface area (TPSA) is 41.9 Å². The van der Waals surface area contributed by atoms with Gasteiger partial charge in [-0.25, -0.2) is 0 Å². The number of amides is 1. The number of carbonyl (C=O) groups excluding carboxylic acids is 1. The maximum atomic E-state index is 12.8. The Balaban J connectivity index is 1.44. The zero-order valence-corrected chi connectivity index (χ0v) is 16.2. The summed E-state index contributed by atoms with van der Waals surface area (Å²) in [7, 11) is 0. The first-order chi connectivity index (χ1) is 13.1. The number of hydrogen-bond donors (Lipinski definition) is 0. The van der Waals surface area contributed by atoms with Gasteiger partial charge in [-0.1, -0.05) is 64.8 Å². The third kappa shape index (κ3) is 4.33. The zero-order valence-electron chi connectivity index (χ0n) is 15.4. The van der Waals surface area contributed by atoms with Crippen LogP contribution in [0.5, 0.6) is 0 Å². The van der Waals surface area contributed by atoms with E-state index < -0.39 is 0 Å². The van der Waals surface area contributed by atoms with Gasteiger partial charge >= 0.3 is 0 Å². The summed E-state index contributed by atoms with van der Waals surface area (Å²) in [6, 6.07) is 16.0. The first kappa shape index (κ1) is 18.1. The fourth-order valence-corrected chi connectivity index (χ4v) is 3.54. The van der Waals surface area contributed by atoms with Gasteiger partial charge in [0, 0.05) is 23.9 Å². The van der Waals surface area contributed by atoms with E-state index >= 15 is 0 Å². The maximum Gasteiger partial charge on any atom is 0.226 e. The van der Waals surface area contributed by atoms with Crippen LogP contribution in [-0.4, -0.2) is 29.2 Å². The van der Waals surface area contributed by atoms with Gasteiger partial charge in [-0.05, 0) is 37.0 Å². The van der Waals surface area contributed by atoms with Gasteiger partial charge in [0.05, 0.1) is 12.3 Å². The minimum Gasteiger partial charge on any atom is -0.390 e. The van der Waals surface area contributed by atoms with Crippen LogP contribution in [0, 0.1) is 12.8 Å². The standard InChI is InChI=1S/C22H23ClN2O2/c1-15-6-8-16(9-7-15)21-12-19(27-24-21)14-25(22(26)17-10-11-17)13-18-4-2-3-5-20(18)23/h2-9,17,19H,10-14H2,1H3/t19-/m0/s1. The van der Waals surface area contributed by atoms with Crippen molar-refractivity contribution in [3.8, 4) is 0 Å². The third-order valence-corrected chi connectivity index (χ3v) is 5.47. The van der Waals surface area contributed by atoms with Crippen molar-refractivity contribution in [2.75, 3.05) is 6.54 Å². The number of halogens is 1. The average Bonchev–Trinajstić information content (AvgIpc) is 3.42. The molecule has 2 aliphatic rings.